The molecule has 1 aliphatic rings. The van der Waals surface area contributed by atoms with E-state index < -0.39 is 14.6 Å². The quantitative estimate of drug-likeness (QED) is 0.321. The Hall–Kier alpha value is -1.62. The molecule has 1 saturated heterocycles. The van der Waals surface area contributed by atoms with Gasteiger partial charge in [0.15, 0.2) is 15.8 Å². The van der Waals surface area contributed by atoms with Crippen LogP contribution in [0, 0.1) is 0 Å². The number of sulfone groups is 1. The lowest BCUT2D eigenvalue weighted by Crippen LogP contribution is -2.57. The van der Waals surface area contributed by atoms with Gasteiger partial charge in [0.25, 0.3) is 0 Å². The van der Waals surface area contributed by atoms with E-state index in [2.05, 4.69) is 39.1 Å². The third kappa shape index (κ3) is 6.68. The van der Waals surface area contributed by atoms with Gasteiger partial charge in [-0.2, -0.15) is 0 Å². The van der Waals surface area contributed by atoms with E-state index in [4.69, 9.17) is 4.99 Å². The Morgan fingerprint density at radius 2 is 2.00 bits per heavy atom. The lowest BCUT2D eigenvalue weighted by molar-refractivity contribution is 0.353. The molecule has 0 saturated carbocycles. The standard InChI is InChI=1S/C22H33N5O2S.HI/c1-4-23-21(27-15-16-30(28,29)22(2,3)18-27)25-17-20-24-12-14-26(20)13-8-11-19-9-6-5-7-10-19;/h5-7,9-10,12,14H,4,8,11,13,15-18H2,1-3H3,(H,23,25);1H. The first kappa shape index (κ1) is 25.6. The van der Waals surface area contributed by atoms with E-state index in [0.29, 0.717) is 19.6 Å². The van der Waals surface area contributed by atoms with Crippen LogP contribution >= 0.6 is 24.0 Å². The molecule has 2 heterocycles. The zero-order valence-electron chi connectivity index (χ0n) is 18.6. The number of guanidine groups is 1. The molecule has 0 amide bonds. The second-order valence-corrected chi connectivity index (χ2v) is 11.0. The summed E-state index contributed by atoms with van der Waals surface area (Å²) in [6, 6.07) is 10.5. The van der Waals surface area contributed by atoms with Crippen molar-refractivity contribution in [1.29, 1.82) is 0 Å². The van der Waals surface area contributed by atoms with Crippen LogP contribution in [-0.2, 0) is 29.3 Å². The van der Waals surface area contributed by atoms with Gasteiger partial charge in [0.1, 0.15) is 12.4 Å². The first-order valence-electron chi connectivity index (χ1n) is 10.6. The van der Waals surface area contributed by atoms with Gasteiger partial charge in [0.2, 0.25) is 0 Å². The molecule has 7 nitrogen and oxygen atoms in total. The van der Waals surface area contributed by atoms with Crippen LogP contribution in [0.3, 0.4) is 0 Å². The maximum Gasteiger partial charge on any atom is 0.194 e. The minimum absolute atomic E-state index is 0. The smallest absolute Gasteiger partial charge is 0.194 e. The lowest BCUT2D eigenvalue weighted by atomic mass is 10.1. The van der Waals surface area contributed by atoms with Crippen molar-refractivity contribution >= 4 is 39.8 Å². The third-order valence-corrected chi connectivity index (χ3v) is 8.09. The largest absolute Gasteiger partial charge is 0.357 e. The van der Waals surface area contributed by atoms with Crippen molar-refractivity contribution < 1.29 is 8.42 Å². The van der Waals surface area contributed by atoms with Gasteiger partial charge in [-0.25, -0.2) is 18.4 Å². The van der Waals surface area contributed by atoms with Gasteiger partial charge in [-0.3, -0.25) is 0 Å². The number of hydrogen-bond donors (Lipinski definition) is 1. The van der Waals surface area contributed by atoms with Crippen LogP contribution in [0.15, 0.2) is 47.7 Å². The van der Waals surface area contributed by atoms with Crippen molar-refractivity contribution in [3.05, 3.63) is 54.1 Å². The molecule has 0 bridgehead atoms. The Labute approximate surface area is 203 Å². The second-order valence-electron chi connectivity index (χ2n) is 8.30. The maximum atomic E-state index is 12.3. The molecule has 1 aromatic heterocycles. The summed E-state index contributed by atoms with van der Waals surface area (Å²) in [5, 5.41) is 3.31. The average Bonchev–Trinajstić information content (AvgIpc) is 3.15. The Kier molecular flexibility index (Phi) is 9.35. The molecule has 31 heavy (non-hydrogen) atoms. The fourth-order valence-electron chi connectivity index (χ4n) is 3.69. The molecular weight excluding hydrogens is 525 g/mol. The van der Waals surface area contributed by atoms with Crippen LogP contribution in [0.5, 0.6) is 0 Å². The number of imidazole rings is 1. The topological polar surface area (TPSA) is 79.6 Å². The molecule has 0 atom stereocenters. The number of rotatable bonds is 7. The summed E-state index contributed by atoms with van der Waals surface area (Å²) in [6.45, 7) is 8.58. The molecular formula is C22H34IN5O2S. The van der Waals surface area contributed by atoms with Gasteiger partial charge in [-0.1, -0.05) is 30.3 Å². The van der Waals surface area contributed by atoms with Gasteiger partial charge < -0.3 is 14.8 Å². The molecule has 1 aromatic carbocycles. The summed E-state index contributed by atoms with van der Waals surface area (Å²) in [4.78, 5) is 11.3. The minimum atomic E-state index is -3.08. The number of halogens is 1. The Bertz CT molecular complexity index is 957. The number of nitrogens with zero attached hydrogens (tertiary/aromatic N) is 4. The van der Waals surface area contributed by atoms with Crippen LogP contribution in [0.2, 0.25) is 0 Å². The predicted octanol–water partition coefficient (Wildman–Crippen LogP) is 3.11. The van der Waals surface area contributed by atoms with Crippen LogP contribution < -0.4 is 5.32 Å². The minimum Gasteiger partial charge on any atom is -0.357 e. The highest BCUT2D eigenvalue weighted by atomic mass is 127. The summed E-state index contributed by atoms with van der Waals surface area (Å²) in [5.41, 5.74) is 1.34. The van der Waals surface area contributed by atoms with Crippen LogP contribution in [0.1, 0.15) is 38.6 Å². The molecule has 1 N–H and O–H groups in total. The lowest BCUT2D eigenvalue weighted by Gasteiger charge is -2.39. The van der Waals surface area contributed by atoms with Crippen molar-refractivity contribution in [2.75, 3.05) is 25.4 Å². The average molecular weight is 560 g/mol. The molecule has 172 valence electrons. The number of nitrogens with one attached hydrogen (secondary N) is 1. The van der Waals surface area contributed by atoms with Crippen molar-refractivity contribution in [1.82, 2.24) is 19.8 Å². The predicted molar refractivity (Wildman–Crippen MR) is 137 cm³/mol. The molecule has 3 rings (SSSR count). The van der Waals surface area contributed by atoms with Gasteiger partial charge in [0, 0.05) is 38.6 Å². The molecule has 0 aliphatic carbocycles. The monoisotopic (exact) mass is 559 g/mol. The Balaban J connectivity index is 0.00000341. The number of aryl methyl sites for hydroxylation is 2. The van der Waals surface area contributed by atoms with Gasteiger partial charge >= 0.3 is 0 Å². The summed E-state index contributed by atoms with van der Waals surface area (Å²) < 4.78 is 26.0. The van der Waals surface area contributed by atoms with E-state index in [9.17, 15) is 8.42 Å². The van der Waals surface area contributed by atoms with Gasteiger partial charge in [0.05, 0.1) is 10.5 Å². The summed E-state index contributed by atoms with van der Waals surface area (Å²) in [6.07, 6.45) is 5.88. The molecule has 2 aromatic rings. The van der Waals surface area contributed by atoms with Gasteiger partial charge in [-0.15, -0.1) is 24.0 Å². The van der Waals surface area contributed by atoms with Crippen LogP contribution in [-0.4, -0.2) is 59.0 Å². The SMILES string of the molecule is CCNC(=NCc1nccn1CCCc1ccccc1)N1CCS(=O)(=O)C(C)(C)C1.I. The van der Waals surface area contributed by atoms with Gasteiger partial charge in [-0.05, 0) is 39.2 Å². The van der Waals surface area contributed by atoms with Crippen LogP contribution in [0.4, 0.5) is 0 Å². The highest BCUT2D eigenvalue weighted by Crippen LogP contribution is 2.23. The fraction of sp³-hybridized carbons (Fsp3) is 0.545. The highest BCUT2D eigenvalue weighted by Gasteiger charge is 2.40. The summed E-state index contributed by atoms with van der Waals surface area (Å²) >= 11 is 0. The maximum absolute atomic E-state index is 12.3. The molecule has 0 spiro atoms. The second kappa shape index (κ2) is 11.3. The van der Waals surface area contributed by atoms with E-state index in [1.807, 2.05) is 30.3 Å². The van der Waals surface area contributed by atoms with Crippen molar-refractivity contribution in [3.63, 3.8) is 0 Å². The van der Waals surface area contributed by atoms with E-state index in [1.54, 1.807) is 13.8 Å². The third-order valence-electron chi connectivity index (χ3n) is 5.56. The number of aliphatic imine (C=N–C) groups is 1. The normalized spacial score (nSPS) is 17.8. The Morgan fingerprint density at radius 1 is 1.26 bits per heavy atom. The Morgan fingerprint density at radius 3 is 2.68 bits per heavy atom. The van der Waals surface area contributed by atoms with E-state index >= 15 is 0 Å². The van der Waals surface area contributed by atoms with E-state index in [0.717, 1.165) is 37.7 Å². The number of benzene rings is 1. The number of aromatic nitrogens is 2. The summed E-state index contributed by atoms with van der Waals surface area (Å²) in [7, 11) is -3.08. The highest BCUT2D eigenvalue weighted by molar-refractivity contribution is 14.0. The molecule has 9 heteroatoms. The van der Waals surface area contributed by atoms with E-state index in [-0.39, 0.29) is 29.7 Å². The first-order valence-corrected chi connectivity index (χ1v) is 12.3. The van der Waals surface area contributed by atoms with Crippen molar-refractivity contribution in [3.8, 4) is 0 Å². The van der Waals surface area contributed by atoms with Crippen molar-refractivity contribution in [2.24, 2.45) is 4.99 Å². The summed E-state index contributed by atoms with van der Waals surface area (Å²) in [5.74, 6) is 1.82. The molecule has 1 fully saturated rings. The first-order chi connectivity index (χ1) is 14.3. The van der Waals surface area contributed by atoms with Crippen molar-refractivity contribution in [2.45, 2.75) is 51.4 Å². The van der Waals surface area contributed by atoms with Crippen LogP contribution in [0.25, 0.3) is 0 Å². The zero-order valence-corrected chi connectivity index (χ0v) is 21.8. The zero-order chi connectivity index (χ0) is 21.6. The van der Waals surface area contributed by atoms with E-state index in [1.165, 1.54) is 5.56 Å². The molecule has 0 radical (unpaired) electrons. The molecule has 1 aliphatic heterocycles. The number of hydrogen-bond acceptors (Lipinski definition) is 4. The fourth-order valence-corrected chi connectivity index (χ4v) is 5.06. The molecule has 0 unspecified atom stereocenters.